The predicted molar refractivity (Wildman–Crippen MR) is 75.5 cm³/mol. The van der Waals surface area contributed by atoms with Crippen LogP contribution < -0.4 is 0 Å². The van der Waals surface area contributed by atoms with E-state index in [9.17, 15) is 0 Å². The van der Waals surface area contributed by atoms with E-state index in [0.717, 1.165) is 21.5 Å². The summed E-state index contributed by atoms with van der Waals surface area (Å²) in [5.74, 6) is 1.18. The SMILES string of the molecule is CC(c1ccccc1)c1nc2ncc(Br)cc2[nH]1. The molecule has 2 heterocycles. The molecule has 0 radical (unpaired) electrons. The first-order chi connectivity index (χ1) is 8.74. The molecule has 90 valence electrons. The summed E-state index contributed by atoms with van der Waals surface area (Å²) in [4.78, 5) is 12.2. The number of fused-ring (bicyclic) bond motifs is 1. The smallest absolute Gasteiger partial charge is 0.177 e. The number of imidazole rings is 1. The Hall–Kier alpha value is -1.68. The first-order valence-corrected chi connectivity index (χ1v) is 6.59. The number of hydrogen-bond acceptors (Lipinski definition) is 2. The van der Waals surface area contributed by atoms with Gasteiger partial charge in [-0.2, -0.15) is 0 Å². The van der Waals surface area contributed by atoms with Crippen molar-refractivity contribution < 1.29 is 0 Å². The number of pyridine rings is 1. The lowest BCUT2D eigenvalue weighted by Gasteiger charge is -2.07. The monoisotopic (exact) mass is 301 g/mol. The van der Waals surface area contributed by atoms with Crippen LogP contribution in [0.5, 0.6) is 0 Å². The topological polar surface area (TPSA) is 41.6 Å². The second-order valence-corrected chi connectivity index (χ2v) is 5.19. The summed E-state index contributed by atoms with van der Waals surface area (Å²) in [6.45, 7) is 2.14. The number of benzene rings is 1. The average Bonchev–Trinajstić information content (AvgIpc) is 2.81. The first kappa shape index (κ1) is 11.4. The number of aromatic nitrogens is 3. The lowest BCUT2D eigenvalue weighted by Crippen LogP contribution is -1.97. The van der Waals surface area contributed by atoms with Crippen molar-refractivity contribution in [2.45, 2.75) is 12.8 Å². The van der Waals surface area contributed by atoms with Crippen molar-refractivity contribution in [3.05, 3.63) is 58.5 Å². The quantitative estimate of drug-likeness (QED) is 0.780. The van der Waals surface area contributed by atoms with Crippen LogP contribution in [0.25, 0.3) is 11.2 Å². The molecule has 0 fully saturated rings. The lowest BCUT2D eigenvalue weighted by atomic mass is 10.0. The highest BCUT2D eigenvalue weighted by molar-refractivity contribution is 9.10. The second kappa shape index (κ2) is 4.53. The van der Waals surface area contributed by atoms with Gasteiger partial charge in [0, 0.05) is 16.6 Å². The van der Waals surface area contributed by atoms with Crippen molar-refractivity contribution in [2.24, 2.45) is 0 Å². The van der Waals surface area contributed by atoms with Gasteiger partial charge in [0.05, 0.1) is 5.52 Å². The zero-order chi connectivity index (χ0) is 12.5. The molecular weight excluding hydrogens is 290 g/mol. The Kier molecular flexibility index (Phi) is 2.88. The Morgan fingerprint density at radius 2 is 2.00 bits per heavy atom. The Bertz CT molecular complexity index is 676. The normalized spacial score (nSPS) is 12.8. The summed E-state index contributed by atoms with van der Waals surface area (Å²) in [6, 6.07) is 12.3. The minimum atomic E-state index is 0.235. The predicted octanol–water partition coefficient (Wildman–Crippen LogP) is 3.87. The molecule has 18 heavy (non-hydrogen) atoms. The molecule has 1 N–H and O–H groups in total. The molecular formula is C14H12BrN3. The van der Waals surface area contributed by atoms with Crippen molar-refractivity contribution in [1.29, 1.82) is 0 Å². The molecule has 0 aliphatic carbocycles. The maximum absolute atomic E-state index is 4.54. The maximum atomic E-state index is 4.54. The molecule has 1 aromatic carbocycles. The van der Waals surface area contributed by atoms with Gasteiger partial charge in [-0.1, -0.05) is 37.3 Å². The van der Waals surface area contributed by atoms with E-state index in [2.05, 4.69) is 49.9 Å². The number of H-pyrrole nitrogens is 1. The van der Waals surface area contributed by atoms with Gasteiger partial charge in [-0.05, 0) is 27.6 Å². The van der Waals surface area contributed by atoms with Crippen LogP contribution in [-0.2, 0) is 0 Å². The molecule has 0 saturated heterocycles. The van der Waals surface area contributed by atoms with E-state index >= 15 is 0 Å². The summed E-state index contributed by atoms with van der Waals surface area (Å²) in [5.41, 5.74) is 2.97. The number of rotatable bonds is 2. The summed E-state index contributed by atoms with van der Waals surface area (Å²) < 4.78 is 0.956. The second-order valence-electron chi connectivity index (χ2n) is 4.28. The summed E-state index contributed by atoms with van der Waals surface area (Å²) in [5, 5.41) is 0. The van der Waals surface area contributed by atoms with Crippen LogP contribution in [0.3, 0.4) is 0 Å². The molecule has 3 nitrogen and oxygen atoms in total. The van der Waals surface area contributed by atoms with Gasteiger partial charge in [-0.15, -0.1) is 0 Å². The molecule has 1 unspecified atom stereocenters. The lowest BCUT2D eigenvalue weighted by molar-refractivity contribution is 0.844. The van der Waals surface area contributed by atoms with E-state index in [4.69, 9.17) is 0 Å². The van der Waals surface area contributed by atoms with Crippen molar-refractivity contribution >= 4 is 27.1 Å². The summed E-state index contributed by atoms with van der Waals surface area (Å²) in [7, 11) is 0. The van der Waals surface area contributed by atoms with Crippen LogP contribution in [-0.4, -0.2) is 15.0 Å². The van der Waals surface area contributed by atoms with E-state index in [1.54, 1.807) is 6.20 Å². The van der Waals surface area contributed by atoms with Crippen molar-refractivity contribution in [1.82, 2.24) is 15.0 Å². The van der Waals surface area contributed by atoms with E-state index < -0.39 is 0 Å². The fraction of sp³-hybridized carbons (Fsp3) is 0.143. The van der Waals surface area contributed by atoms with Gasteiger partial charge >= 0.3 is 0 Å². The average molecular weight is 302 g/mol. The fourth-order valence-corrected chi connectivity index (χ4v) is 2.33. The molecule has 0 aliphatic heterocycles. The molecule has 0 aliphatic rings. The van der Waals surface area contributed by atoms with Crippen molar-refractivity contribution in [2.75, 3.05) is 0 Å². The van der Waals surface area contributed by atoms with E-state index in [1.165, 1.54) is 5.56 Å². The van der Waals surface area contributed by atoms with Gasteiger partial charge in [-0.25, -0.2) is 9.97 Å². The Morgan fingerprint density at radius 3 is 2.78 bits per heavy atom. The van der Waals surface area contributed by atoms with Gasteiger partial charge in [0.25, 0.3) is 0 Å². The number of nitrogens with zero attached hydrogens (tertiary/aromatic N) is 2. The molecule has 4 heteroatoms. The number of hydrogen-bond donors (Lipinski definition) is 1. The Balaban J connectivity index is 2.04. The maximum Gasteiger partial charge on any atom is 0.177 e. The van der Waals surface area contributed by atoms with E-state index in [0.29, 0.717) is 0 Å². The molecule has 0 spiro atoms. The molecule has 3 aromatic rings. The van der Waals surface area contributed by atoms with Gasteiger partial charge in [-0.3, -0.25) is 0 Å². The third-order valence-corrected chi connectivity index (χ3v) is 3.47. The van der Waals surface area contributed by atoms with E-state index in [1.807, 2.05) is 24.3 Å². The standard InChI is InChI=1S/C14H12BrN3/c1-9(10-5-3-2-4-6-10)13-17-12-7-11(15)8-16-14(12)18-13/h2-9H,1H3,(H,16,17,18). The summed E-state index contributed by atoms with van der Waals surface area (Å²) >= 11 is 3.41. The molecule has 0 saturated carbocycles. The highest BCUT2D eigenvalue weighted by Crippen LogP contribution is 2.24. The van der Waals surface area contributed by atoms with Crippen LogP contribution in [0.4, 0.5) is 0 Å². The number of halogens is 1. The molecule has 0 bridgehead atoms. The number of nitrogens with one attached hydrogen (secondary N) is 1. The molecule has 3 rings (SSSR count). The largest absolute Gasteiger partial charge is 0.340 e. The minimum Gasteiger partial charge on any atom is -0.340 e. The highest BCUT2D eigenvalue weighted by Gasteiger charge is 2.13. The highest BCUT2D eigenvalue weighted by atomic mass is 79.9. The summed E-state index contributed by atoms with van der Waals surface area (Å²) in [6.07, 6.45) is 1.76. The van der Waals surface area contributed by atoms with Gasteiger partial charge in [0.1, 0.15) is 5.82 Å². The third kappa shape index (κ3) is 2.04. The van der Waals surface area contributed by atoms with Crippen molar-refractivity contribution in [3.8, 4) is 0 Å². The van der Waals surface area contributed by atoms with Crippen molar-refractivity contribution in [3.63, 3.8) is 0 Å². The molecule has 2 aromatic heterocycles. The fourth-order valence-electron chi connectivity index (χ4n) is 2.00. The van der Waals surface area contributed by atoms with Crippen LogP contribution in [0.15, 0.2) is 47.1 Å². The van der Waals surface area contributed by atoms with E-state index in [-0.39, 0.29) is 5.92 Å². The number of aromatic amines is 1. The molecule has 0 amide bonds. The molecule has 1 atom stereocenters. The third-order valence-electron chi connectivity index (χ3n) is 3.03. The first-order valence-electron chi connectivity index (χ1n) is 5.80. The van der Waals surface area contributed by atoms with Crippen LogP contribution in [0.2, 0.25) is 0 Å². The Morgan fingerprint density at radius 1 is 1.22 bits per heavy atom. The van der Waals surface area contributed by atoms with Crippen LogP contribution >= 0.6 is 15.9 Å². The zero-order valence-electron chi connectivity index (χ0n) is 9.89. The van der Waals surface area contributed by atoms with Crippen LogP contribution in [0.1, 0.15) is 24.2 Å². The van der Waals surface area contributed by atoms with Gasteiger partial charge in [0.15, 0.2) is 5.65 Å². The van der Waals surface area contributed by atoms with Gasteiger partial charge in [0.2, 0.25) is 0 Å². The van der Waals surface area contributed by atoms with Gasteiger partial charge < -0.3 is 4.98 Å². The van der Waals surface area contributed by atoms with Crippen LogP contribution in [0, 0.1) is 0 Å². The minimum absolute atomic E-state index is 0.235. The zero-order valence-corrected chi connectivity index (χ0v) is 11.5. The Labute approximate surface area is 113 Å².